The van der Waals surface area contributed by atoms with E-state index in [1.165, 1.54) is 77.6 Å². The van der Waals surface area contributed by atoms with E-state index in [1.54, 1.807) is 0 Å². The van der Waals surface area contributed by atoms with Crippen molar-refractivity contribution in [2.24, 2.45) is 5.73 Å². The van der Waals surface area contributed by atoms with Gasteiger partial charge in [-0.3, -0.25) is 23.4 Å². The first-order valence-corrected chi connectivity index (χ1v) is 17.8. The number of phosphoric ester groups is 1. The molecule has 44 heavy (non-hydrogen) atoms. The van der Waals surface area contributed by atoms with Gasteiger partial charge in [0.2, 0.25) is 0 Å². The van der Waals surface area contributed by atoms with E-state index in [1.807, 2.05) is 0 Å². The Morgan fingerprint density at radius 2 is 1.25 bits per heavy atom. The standard InChI is InChI=1S/C32H58NO10P/c1-3-4-5-6-7-8-9-10-11-12-13-14-15-16-17-18-19-20-21-22-23-24-31(35)43-29(25-40-28(2)34)26-41-44(38,39)42-27-30(33)32(36)37/h9-10,12-13,29-30H,3-8,11,14-27,33H2,1-2H3,(H,36,37)(H,38,39)/b10-9-,13-12-. The summed E-state index contributed by atoms with van der Waals surface area (Å²) in [7, 11) is -4.67. The lowest BCUT2D eigenvalue weighted by Gasteiger charge is -2.20. The molecule has 0 aliphatic heterocycles. The van der Waals surface area contributed by atoms with Crippen LogP contribution in [0.4, 0.5) is 0 Å². The van der Waals surface area contributed by atoms with Crippen molar-refractivity contribution < 1.29 is 47.5 Å². The fourth-order valence-corrected chi connectivity index (χ4v) is 4.95. The summed E-state index contributed by atoms with van der Waals surface area (Å²) < 4.78 is 31.4. The Hall–Kier alpha value is -2.04. The van der Waals surface area contributed by atoms with E-state index in [-0.39, 0.29) is 13.0 Å². The molecule has 0 spiro atoms. The maximum atomic E-state index is 12.2. The highest BCUT2D eigenvalue weighted by Gasteiger charge is 2.27. The van der Waals surface area contributed by atoms with Crippen molar-refractivity contribution in [2.45, 2.75) is 142 Å². The second kappa shape index (κ2) is 28.4. The zero-order valence-electron chi connectivity index (χ0n) is 27.0. The van der Waals surface area contributed by atoms with Crippen LogP contribution in [-0.2, 0) is 37.5 Å². The summed E-state index contributed by atoms with van der Waals surface area (Å²) in [6, 6.07) is -1.52. The molecule has 0 rings (SSSR count). The van der Waals surface area contributed by atoms with Crippen LogP contribution in [-0.4, -0.2) is 59.9 Å². The molecule has 4 N–H and O–H groups in total. The Morgan fingerprint density at radius 3 is 1.77 bits per heavy atom. The third-order valence-electron chi connectivity index (χ3n) is 6.76. The smallest absolute Gasteiger partial charge is 0.472 e. The zero-order chi connectivity index (χ0) is 32.9. The maximum absolute atomic E-state index is 12.2. The van der Waals surface area contributed by atoms with Crippen LogP contribution >= 0.6 is 7.82 Å². The molecule has 0 saturated carbocycles. The number of carbonyl (C=O) groups excluding carboxylic acids is 2. The second-order valence-electron chi connectivity index (χ2n) is 11.0. The average Bonchev–Trinajstić information content (AvgIpc) is 2.98. The van der Waals surface area contributed by atoms with E-state index in [0.717, 1.165) is 32.1 Å². The van der Waals surface area contributed by atoms with Gasteiger partial charge in [-0.25, -0.2) is 4.57 Å². The molecule has 3 atom stereocenters. The van der Waals surface area contributed by atoms with E-state index in [4.69, 9.17) is 24.8 Å². The van der Waals surface area contributed by atoms with Crippen molar-refractivity contribution in [1.82, 2.24) is 0 Å². The van der Waals surface area contributed by atoms with Gasteiger partial charge in [0, 0.05) is 13.3 Å². The predicted molar refractivity (Wildman–Crippen MR) is 171 cm³/mol. The monoisotopic (exact) mass is 647 g/mol. The minimum Gasteiger partial charge on any atom is -0.480 e. The molecular formula is C32H58NO10P. The molecule has 0 fully saturated rings. The Morgan fingerprint density at radius 1 is 0.750 bits per heavy atom. The number of hydrogen-bond acceptors (Lipinski definition) is 9. The molecule has 0 aromatic heterocycles. The van der Waals surface area contributed by atoms with Gasteiger partial charge in [0.15, 0.2) is 6.10 Å². The topological polar surface area (TPSA) is 172 Å². The predicted octanol–water partition coefficient (Wildman–Crippen LogP) is 7.16. The quantitative estimate of drug-likeness (QED) is 0.0312. The number of carboxylic acid groups (broad SMARTS) is 1. The summed E-state index contributed by atoms with van der Waals surface area (Å²) in [6.45, 7) is 1.69. The summed E-state index contributed by atoms with van der Waals surface area (Å²) in [5, 5.41) is 8.72. The van der Waals surface area contributed by atoms with Crippen LogP contribution in [0.25, 0.3) is 0 Å². The van der Waals surface area contributed by atoms with Crippen molar-refractivity contribution in [3.63, 3.8) is 0 Å². The number of aliphatic carboxylic acids is 1. The number of unbranched alkanes of at least 4 members (excludes halogenated alkanes) is 14. The summed E-state index contributed by atoms with van der Waals surface area (Å²) in [4.78, 5) is 43.8. The van der Waals surface area contributed by atoms with Crippen LogP contribution in [0.3, 0.4) is 0 Å². The number of hydrogen-bond donors (Lipinski definition) is 3. The van der Waals surface area contributed by atoms with Crippen molar-refractivity contribution in [3.8, 4) is 0 Å². The molecular weight excluding hydrogens is 589 g/mol. The van der Waals surface area contributed by atoms with Gasteiger partial charge in [-0.15, -0.1) is 0 Å². The molecule has 0 amide bonds. The van der Waals surface area contributed by atoms with Gasteiger partial charge in [0.1, 0.15) is 12.6 Å². The van der Waals surface area contributed by atoms with Crippen LogP contribution in [0.5, 0.6) is 0 Å². The fraction of sp³-hybridized carbons (Fsp3) is 0.781. The minimum atomic E-state index is -4.67. The molecule has 0 heterocycles. The van der Waals surface area contributed by atoms with Crippen LogP contribution in [0.2, 0.25) is 0 Å². The normalized spacial score (nSPS) is 14.5. The lowest BCUT2D eigenvalue weighted by molar-refractivity contribution is -0.160. The molecule has 0 radical (unpaired) electrons. The van der Waals surface area contributed by atoms with Gasteiger partial charge >= 0.3 is 25.7 Å². The number of ether oxygens (including phenoxy) is 2. The average molecular weight is 648 g/mol. The summed E-state index contributed by atoms with van der Waals surface area (Å²) in [5.41, 5.74) is 5.23. The number of allylic oxidation sites excluding steroid dienone is 4. The van der Waals surface area contributed by atoms with E-state index >= 15 is 0 Å². The number of esters is 2. The van der Waals surface area contributed by atoms with Gasteiger partial charge in [-0.05, 0) is 38.5 Å². The van der Waals surface area contributed by atoms with E-state index in [0.29, 0.717) is 6.42 Å². The molecule has 0 aromatic carbocycles. The molecule has 0 aromatic rings. The summed E-state index contributed by atoms with van der Waals surface area (Å²) >= 11 is 0. The molecule has 3 unspecified atom stereocenters. The van der Waals surface area contributed by atoms with Gasteiger partial charge in [0.25, 0.3) is 0 Å². The second-order valence-corrected chi connectivity index (χ2v) is 12.5. The van der Waals surface area contributed by atoms with Crippen LogP contribution in [0.1, 0.15) is 129 Å². The SMILES string of the molecule is CCCCCCC/C=C\C/C=C\CCCCCCCCCCCC(=O)OC(COC(C)=O)COP(=O)(O)OCC(N)C(=O)O. The lowest BCUT2D eigenvalue weighted by atomic mass is 10.1. The van der Waals surface area contributed by atoms with E-state index < -0.39 is 51.1 Å². The Kier molecular flexibility index (Phi) is 27.1. The van der Waals surface area contributed by atoms with Crippen molar-refractivity contribution in [2.75, 3.05) is 19.8 Å². The number of phosphoric acid groups is 1. The highest BCUT2D eigenvalue weighted by atomic mass is 31.2. The van der Waals surface area contributed by atoms with Crippen molar-refractivity contribution >= 4 is 25.7 Å². The number of nitrogens with two attached hydrogens (primary N) is 1. The zero-order valence-corrected chi connectivity index (χ0v) is 27.9. The molecule has 0 bridgehead atoms. The molecule has 256 valence electrons. The highest BCUT2D eigenvalue weighted by Crippen LogP contribution is 2.43. The summed E-state index contributed by atoms with van der Waals surface area (Å²) in [6.07, 6.45) is 27.9. The molecule has 0 aliphatic carbocycles. The third kappa shape index (κ3) is 28.7. The van der Waals surface area contributed by atoms with Crippen LogP contribution in [0.15, 0.2) is 24.3 Å². The van der Waals surface area contributed by atoms with Gasteiger partial charge in [-0.1, -0.05) is 102 Å². The van der Waals surface area contributed by atoms with Crippen LogP contribution < -0.4 is 5.73 Å². The van der Waals surface area contributed by atoms with Crippen molar-refractivity contribution in [3.05, 3.63) is 24.3 Å². The van der Waals surface area contributed by atoms with Gasteiger partial charge in [0.05, 0.1) is 13.2 Å². The summed E-state index contributed by atoms with van der Waals surface area (Å²) in [5.74, 6) is -2.58. The van der Waals surface area contributed by atoms with E-state index in [9.17, 15) is 23.8 Å². The highest BCUT2D eigenvalue weighted by molar-refractivity contribution is 7.47. The minimum absolute atomic E-state index is 0.152. The van der Waals surface area contributed by atoms with Gasteiger partial charge in [-0.2, -0.15) is 0 Å². The maximum Gasteiger partial charge on any atom is 0.472 e. The number of carbonyl (C=O) groups is 3. The van der Waals surface area contributed by atoms with Crippen LogP contribution in [0, 0.1) is 0 Å². The van der Waals surface area contributed by atoms with Crippen molar-refractivity contribution in [1.29, 1.82) is 0 Å². The Bertz CT molecular complexity index is 864. The van der Waals surface area contributed by atoms with Gasteiger partial charge < -0.3 is 25.2 Å². The first-order valence-electron chi connectivity index (χ1n) is 16.3. The fourth-order valence-electron chi connectivity index (χ4n) is 4.17. The molecule has 11 nitrogen and oxygen atoms in total. The largest absolute Gasteiger partial charge is 0.480 e. The molecule has 0 aliphatic rings. The molecule has 0 saturated heterocycles. The number of rotatable bonds is 30. The Balaban J connectivity index is 3.90. The lowest BCUT2D eigenvalue weighted by Crippen LogP contribution is -2.34. The van der Waals surface area contributed by atoms with E-state index in [2.05, 4.69) is 35.8 Å². The first kappa shape index (κ1) is 42.0. The third-order valence-corrected chi connectivity index (χ3v) is 7.71. The Labute approximate surface area is 264 Å². The molecule has 12 heteroatoms. The first-order chi connectivity index (χ1) is 21.1. The number of carboxylic acids is 1.